The minimum atomic E-state index is -0.512. The second-order valence-corrected chi connectivity index (χ2v) is 5.08. The Morgan fingerprint density at radius 3 is 2.47 bits per heavy atom. The van der Waals surface area contributed by atoms with E-state index in [0.717, 1.165) is 0 Å². The van der Waals surface area contributed by atoms with Crippen molar-refractivity contribution in [3.63, 3.8) is 0 Å². The number of hydrazine groups is 1. The Kier molecular flexibility index (Phi) is 4.84. The van der Waals surface area contributed by atoms with E-state index in [1.807, 2.05) is 27.7 Å². The molecule has 1 aromatic rings. The number of hydrogen-bond donors (Lipinski definition) is 3. The predicted octanol–water partition coefficient (Wildman–Crippen LogP) is 0.152. The van der Waals surface area contributed by atoms with E-state index in [9.17, 15) is 5.11 Å². The molecule has 0 saturated heterocycles. The summed E-state index contributed by atoms with van der Waals surface area (Å²) in [4.78, 5) is 14.1. The maximum atomic E-state index is 9.38. The molecule has 19 heavy (non-hydrogen) atoms. The van der Waals surface area contributed by atoms with Gasteiger partial charge in [0.1, 0.15) is 0 Å². The average Bonchev–Trinajstić information content (AvgIpc) is 2.36. The predicted molar refractivity (Wildman–Crippen MR) is 73.0 cm³/mol. The lowest BCUT2D eigenvalue weighted by Gasteiger charge is -2.33. The van der Waals surface area contributed by atoms with Crippen LogP contribution in [0, 0.1) is 0 Å². The van der Waals surface area contributed by atoms with Crippen LogP contribution in [-0.2, 0) is 0 Å². The molecule has 1 aromatic heterocycles. The van der Waals surface area contributed by atoms with Crippen molar-refractivity contribution in [2.24, 2.45) is 5.84 Å². The molecule has 0 spiro atoms. The Hall–Kier alpha value is -1.67. The van der Waals surface area contributed by atoms with E-state index >= 15 is 0 Å². The minimum Gasteiger partial charge on any atom is -0.461 e. The molecule has 8 heteroatoms. The van der Waals surface area contributed by atoms with Gasteiger partial charge in [0, 0.05) is 7.05 Å². The van der Waals surface area contributed by atoms with Gasteiger partial charge in [0.05, 0.1) is 18.2 Å². The third kappa shape index (κ3) is 3.90. The highest BCUT2D eigenvalue weighted by Gasteiger charge is 2.26. The zero-order chi connectivity index (χ0) is 14.6. The summed E-state index contributed by atoms with van der Waals surface area (Å²) in [5.41, 5.74) is 1.86. The van der Waals surface area contributed by atoms with Crippen LogP contribution in [-0.4, -0.2) is 45.4 Å². The van der Waals surface area contributed by atoms with Crippen LogP contribution in [0.4, 0.5) is 11.9 Å². The van der Waals surface area contributed by atoms with Gasteiger partial charge in [-0.25, -0.2) is 5.84 Å². The lowest BCUT2D eigenvalue weighted by molar-refractivity contribution is 0.211. The number of anilines is 2. The summed E-state index contributed by atoms with van der Waals surface area (Å²) in [5.74, 6) is 5.92. The summed E-state index contributed by atoms with van der Waals surface area (Å²) in [6.45, 7) is 7.45. The van der Waals surface area contributed by atoms with Crippen LogP contribution in [0.15, 0.2) is 0 Å². The van der Waals surface area contributed by atoms with Crippen LogP contribution >= 0.6 is 0 Å². The van der Waals surface area contributed by atoms with Crippen LogP contribution in [0.3, 0.4) is 0 Å². The van der Waals surface area contributed by atoms with Gasteiger partial charge in [-0.15, -0.1) is 0 Å². The molecule has 0 aliphatic heterocycles. The molecule has 1 heterocycles. The van der Waals surface area contributed by atoms with Gasteiger partial charge < -0.3 is 14.7 Å². The third-order valence-electron chi connectivity index (χ3n) is 2.67. The fraction of sp³-hybridized carbons (Fsp3) is 0.727. The van der Waals surface area contributed by atoms with E-state index in [2.05, 4.69) is 20.4 Å². The van der Waals surface area contributed by atoms with Gasteiger partial charge in [0.25, 0.3) is 0 Å². The van der Waals surface area contributed by atoms with E-state index < -0.39 is 5.54 Å². The molecule has 0 radical (unpaired) electrons. The maximum absolute atomic E-state index is 9.38. The van der Waals surface area contributed by atoms with Gasteiger partial charge in [-0.3, -0.25) is 5.43 Å². The molecule has 0 amide bonds. The number of nitrogen functional groups attached to an aromatic ring is 1. The first-order valence-electron chi connectivity index (χ1n) is 6.04. The summed E-state index contributed by atoms with van der Waals surface area (Å²) < 4.78 is 5.45. The maximum Gasteiger partial charge on any atom is 0.323 e. The number of aromatic nitrogens is 3. The molecule has 8 nitrogen and oxygen atoms in total. The molecular weight excluding hydrogens is 248 g/mol. The molecule has 0 fully saturated rings. The molecule has 0 bridgehead atoms. The largest absolute Gasteiger partial charge is 0.461 e. The van der Waals surface area contributed by atoms with Crippen LogP contribution in [0.25, 0.3) is 0 Å². The number of aliphatic hydroxyl groups is 1. The molecule has 0 unspecified atom stereocenters. The van der Waals surface area contributed by atoms with Gasteiger partial charge >= 0.3 is 6.01 Å². The summed E-state index contributed by atoms with van der Waals surface area (Å²) in [6.07, 6.45) is -0.0583. The van der Waals surface area contributed by atoms with Crippen molar-refractivity contribution < 1.29 is 9.84 Å². The average molecular weight is 270 g/mol. The summed E-state index contributed by atoms with van der Waals surface area (Å²) in [5, 5.41) is 9.38. The topological polar surface area (TPSA) is 109 Å². The van der Waals surface area contributed by atoms with Crippen molar-refractivity contribution >= 4 is 11.9 Å². The molecule has 0 atom stereocenters. The number of rotatable bonds is 6. The highest BCUT2D eigenvalue weighted by molar-refractivity contribution is 5.39. The number of nitrogens with two attached hydrogens (primary N) is 1. The fourth-order valence-electron chi connectivity index (χ4n) is 1.20. The highest BCUT2D eigenvalue weighted by Crippen LogP contribution is 2.21. The van der Waals surface area contributed by atoms with Crippen LogP contribution in [0.1, 0.15) is 27.7 Å². The van der Waals surface area contributed by atoms with E-state index in [4.69, 9.17) is 10.6 Å². The quantitative estimate of drug-likeness (QED) is 0.495. The van der Waals surface area contributed by atoms with Crippen molar-refractivity contribution in [1.82, 2.24) is 15.0 Å². The first kappa shape index (κ1) is 15.4. The van der Waals surface area contributed by atoms with Gasteiger partial charge in [-0.05, 0) is 27.7 Å². The fourth-order valence-corrected chi connectivity index (χ4v) is 1.20. The molecule has 1 rings (SSSR count). The molecule has 0 aromatic carbocycles. The zero-order valence-electron chi connectivity index (χ0n) is 12.0. The standard InChI is InChI=1S/C11H22N6O2/c1-7(2)19-10-14-8(16-12)13-9(15-10)17(5)11(3,4)6-18/h7,18H,6,12H2,1-5H3,(H,13,14,15,16). The Bertz CT molecular complexity index is 424. The Balaban J connectivity index is 3.12. The van der Waals surface area contributed by atoms with Crippen molar-refractivity contribution in [3.8, 4) is 6.01 Å². The minimum absolute atomic E-state index is 0.0407. The van der Waals surface area contributed by atoms with E-state index in [0.29, 0.717) is 5.95 Å². The van der Waals surface area contributed by atoms with Gasteiger partial charge in [0.2, 0.25) is 11.9 Å². The van der Waals surface area contributed by atoms with Gasteiger partial charge in [-0.2, -0.15) is 15.0 Å². The van der Waals surface area contributed by atoms with Crippen LogP contribution < -0.4 is 20.9 Å². The monoisotopic (exact) mass is 270 g/mol. The van der Waals surface area contributed by atoms with E-state index in [1.165, 1.54) is 0 Å². The van der Waals surface area contributed by atoms with E-state index in [1.54, 1.807) is 11.9 Å². The van der Waals surface area contributed by atoms with Crippen LogP contribution in [0.2, 0.25) is 0 Å². The number of nitrogens with one attached hydrogen (secondary N) is 1. The lowest BCUT2D eigenvalue weighted by atomic mass is 10.1. The van der Waals surface area contributed by atoms with Crippen molar-refractivity contribution in [2.75, 3.05) is 24.0 Å². The van der Waals surface area contributed by atoms with Gasteiger partial charge in [0.15, 0.2) is 0 Å². The van der Waals surface area contributed by atoms with Crippen molar-refractivity contribution in [2.45, 2.75) is 39.3 Å². The molecular formula is C11H22N6O2. The Morgan fingerprint density at radius 2 is 2.00 bits per heavy atom. The third-order valence-corrected chi connectivity index (χ3v) is 2.67. The molecule has 0 aliphatic rings. The van der Waals surface area contributed by atoms with E-state index in [-0.39, 0.29) is 24.7 Å². The highest BCUT2D eigenvalue weighted by atomic mass is 16.5. The Morgan fingerprint density at radius 1 is 1.37 bits per heavy atom. The number of likely N-dealkylation sites (N-methyl/N-ethyl adjacent to an activating group) is 1. The summed E-state index contributed by atoms with van der Waals surface area (Å²) in [6, 6.07) is 0.188. The lowest BCUT2D eigenvalue weighted by Crippen LogP contribution is -2.45. The Labute approximate surface area is 113 Å². The number of ether oxygens (including phenoxy) is 1. The molecule has 0 aliphatic carbocycles. The summed E-state index contributed by atoms with van der Waals surface area (Å²) >= 11 is 0. The first-order valence-corrected chi connectivity index (χ1v) is 6.04. The SMILES string of the molecule is CC(C)Oc1nc(NN)nc(N(C)C(C)(C)CO)n1. The number of aliphatic hydroxyl groups excluding tert-OH is 1. The second kappa shape index (κ2) is 5.98. The molecule has 4 N–H and O–H groups in total. The smallest absolute Gasteiger partial charge is 0.323 e. The van der Waals surface area contributed by atoms with Gasteiger partial charge in [-0.1, -0.05) is 0 Å². The van der Waals surface area contributed by atoms with Crippen molar-refractivity contribution in [3.05, 3.63) is 0 Å². The number of hydrogen-bond acceptors (Lipinski definition) is 8. The van der Waals surface area contributed by atoms with Crippen LogP contribution in [0.5, 0.6) is 6.01 Å². The second-order valence-electron chi connectivity index (χ2n) is 5.08. The normalized spacial score (nSPS) is 11.6. The summed E-state index contributed by atoms with van der Waals surface area (Å²) in [7, 11) is 1.78. The zero-order valence-corrected chi connectivity index (χ0v) is 12.0. The molecule has 0 saturated carbocycles. The first-order chi connectivity index (χ1) is 8.80. The van der Waals surface area contributed by atoms with Crippen molar-refractivity contribution in [1.29, 1.82) is 0 Å². The number of nitrogens with zero attached hydrogens (tertiary/aromatic N) is 4. The molecule has 108 valence electrons.